The Morgan fingerprint density at radius 2 is 2.09 bits per heavy atom. The zero-order valence-electron chi connectivity index (χ0n) is 7.84. The Bertz CT molecular complexity index is 86.2. The Balaban J connectivity index is 3.10. The smallest absolute Gasteiger partial charge is 0.0596 e. The van der Waals surface area contributed by atoms with Crippen LogP contribution in [0.1, 0.15) is 13.3 Å². The topological polar surface area (TPSA) is 38.5 Å². The van der Waals surface area contributed by atoms with E-state index in [1.165, 1.54) is 0 Å². The zero-order valence-corrected chi connectivity index (χ0v) is 7.84. The highest BCUT2D eigenvalue weighted by atomic mass is 16.5. The van der Waals surface area contributed by atoms with Crippen LogP contribution in [0.3, 0.4) is 0 Å². The van der Waals surface area contributed by atoms with E-state index in [-0.39, 0.29) is 0 Å². The number of ether oxygens (including phenoxy) is 1. The fourth-order valence-corrected chi connectivity index (χ4v) is 0.755. The molecule has 0 aliphatic rings. The molecule has 3 nitrogen and oxygen atoms in total. The van der Waals surface area contributed by atoms with Crippen molar-refractivity contribution >= 4 is 0 Å². The van der Waals surface area contributed by atoms with Gasteiger partial charge in [-0.15, -0.1) is 0 Å². The molecule has 0 aliphatic carbocycles. The van der Waals surface area contributed by atoms with Crippen molar-refractivity contribution in [2.75, 3.05) is 33.8 Å². The number of nitrogens with zero attached hydrogens (tertiary/aromatic N) is 1. The van der Waals surface area contributed by atoms with Crippen LogP contribution in [0, 0.1) is 0 Å². The minimum absolute atomic E-state index is 0.306. The lowest BCUT2D eigenvalue weighted by molar-refractivity contribution is 0.0524. The predicted molar refractivity (Wildman–Crippen MR) is 47.6 cm³/mol. The normalized spacial score (nSPS) is 13.9. The van der Waals surface area contributed by atoms with Gasteiger partial charge in [0.15, 0.2) is 0 Å². The summed E-state index contributed by atoms with van der Waals surface area (Å²) in [6, 6.07) is 0. The maximum Gasteiger partial charge on any atom is 0.0596 e. The first kappa shape index (κ1) is 10.9. The molecule has 3 heteroatoms. The largest absolute Gasteiger partial charge is 0.377 e. The second kappa shape index (κ2) is 6.58. The van der Waals surface area contributed by atoms with E-state index in [0.717, 1.165) is 19.6 Å². The van der Waals surface area contributed by atoms with E-state index in [1.807, 2.05) is 14.1 Å². The van der Waals surface area contributed by atoms with E-state index in [1.54, 1.807) is 0 Å². The second-order valence-corrected chi connectivity index (χ2v) is 3.06. The Hall–Kier alpha value is -0.120. The standard InChI is InChI=1S/C8H20N2O/c1-8(4-5-9)11-7-6-10(2)3/h8H,4-7,9H2,1-3H3. The van der Waals surface area contributed by atoms with Crippen LogP contribution < -0.4 is 5.73 Å². The van der Waals surface area contributed by atoms with Crippen LogP contribution >= 0.6 is 0 Å². The molecule has 2 N–H and O–H groups in total. The maximum absolute atomic E-state index is 5.47. The molecule has 0 radical (unpaired) electrons. The number of nitrogens with two attached hydrogens (primary N) is 1. The van der Waals surface area contributed by atoms with Gasteiger partial charge in [-0.2, -0.15) is 0 Å². The molecule has 0 fully saturated rings. The van der Waals surface area contributed by atoms with Crippen molar-refractivity contribution in [3.8, 4) is 0 Å². The molecule has 0 aliphatic heterocycles. The first-order valence-corrected chi connectivity index (χ1v) is 4.13. The van der Waals surface area contributed by atoms with Crippen molar-refractivity contribution in [2.24, 2.45) is 5.73 Å². The minimum atomic E-state index is 0.306. The summed E-state index contributed by atoms with van der Waals surface area (Å²) in [5.41, 5.74) is 5.37. The molecule has 0 amide bonds. The predicted octanol–water partition coefficient (Wildman–Crippen LogP) is 0.302. The van der Waals surface area contributed by atoms with E-state index in [0.29, 0.717) is 12.6 Å². The van der Waals surface area contributed by atoms with Crippen LogP contribution in [0.4, 0.5) is 0 Å². The summed E-state index contributed by atoms with van der Waals surface area (Å²) in [7, 11) is 4.08. The number of hydrogen-bond acceptors (Lipinski definition) is 3. The molecule has 0 bridgehead atoms. The lowest BCUT2D eigenvalue weighted by atomic mass is 10.3. The van der Waals surface area contributed by atoms with E-state index >= 15 is 0 Å². The SMILES string of the molecule is CC(CCN)OCCN(C)C. The van der Waals surface area contributed by atoms with Gasteiger partial charge < -0.3 is 15.4 Å². The van der Waals surface area contributed by atoms with Crippen LogP contribution in [-0.4, -0.2) is 44.8 Å². The van der Waals surface area contributed by atoms with Gasteiger partial charge in [0.1, 0.15) is 0 Å². The summed E-state index contributed by atoms with van der Waals surface area (Å²) in [6.07, 6.45) is 1.26. The molecule has 0 heterocycles. The average molecular weight is 160 g/mol. The molecule has 11 heavy (non-hydrogen) atoms. The van der Waals surface area contributed by atoms with Gasteiger partial charge >= 0.3 is 0 Å². The third-order valence-corrected chi connectivity index (χ3v) is 1.51. The Labute approximate surface area is 69.5 Å². The Kier molecular flexibility index (Phi) is 6.51. The molecule has 0 saturated carbocycles. The van der Waals surface area contributed by atoms with E-state index < -0.39 is 0 Å². The van der Waals surface area contributed by atoms with Gasteiger partial charge in [0.2, 0.25) is 0 Å². The molecule has 68 valence electrons. The molecule has 1 atom stereocenters. The summed E-state index contributed by atoms with van der Waals surface area (Å²) < 4.78 is 5.47. The second-order valence-electron chi connectivity index (χ2n) is 3.06. The molecular formula is C8H20N2O. The molecule has 0 aromatic carbocycles. The van der Waals surface area contributed by atoms with Crippen molar-refractivity contribution in [2.45, 2.75) is 19.4 Å². The highest BCUT2D eigenvalue weighted by molar-refractivity contribution is 4.51. The molecular weight excluding hydrogens is 140 g/mol. The number of hydrogen-bond donors (Lipinski definition) is 1. The third kappa shape index (κ3) is 7.78. The van der Waals surface area contributed by atoms with Gasteiger partial charge in [-0.1, -0.05) is 0 Å². The summed E-state index contributed by atoms with van der Waals surface area (Å²) in [5, 5.41) is 0. The number of likely N-dealkylation sites (N-methyl/N-ethyl adjacent to an activating group) is 1. The summed E-state index contributed by atoms with van der Waals surface area (Å²) >= 11 is 0. The van der Waals surface area contributed by atoms with Gasteiger partial charge in [0, 0.05) is 6.54 Å². The molecule has 0 rings (SSSR count). The van der Waals surface area contributed by atoms with Crippen LogP contribution in [0.5, 0.6) is 0 Å². The van der Waals surface area contributed by atoms with Crippen LogP contribution in [0.2, 0.25) is 0 Å². The van der Waals surface area contributed by atoms with Crippen molar-refractivity contribution in [3.05, 3.63) is 0 Å². The van der Waals surface area contributed by atoms with Crippen molar-refractivity contribution < 1.29 is 4.74 Å². The summed E-state index contributed by atoms with van der Waals surface area (Å²) in [6.45, 7) is 4.55. The van der Waals surface area contributed by atoms with Crippen molar-refractivity contribution in [1.29, 1.82) is 0 Å². The fourth-order valence-electron chi connectivity index (χ4n) is 0.755. The molecule has 1 unspecified atom stereocenters. The average Bonchev–Trinajstić information content (AvgIpc) is 1.87. The zero-order chi connectivity index (χ0) is 8.69. The van der Waals surface area contributed by atoms with E-state index in [2.05, 4.69) is 11.8 Å². The quantitative estimate of drug-likeness (QED) is 0.607. The van der Waals surface area contributed by atoms with Crippen molar-refractivity contribution in [3.63, 3.8) is 0 Å². The Morgan fingerprint density at radius 1 is 1.45 bits per heavy atom. The van der Waals surface area contributed by atoms with E-state index in [9.17, 15) is 0 Å². The lowest BCUT2D eigenvalue weighted by Gasteiger charge is -2.14. The van der Waals surface area contributed by atoms with Crippen LogP contribution in [-0.2, 0) is 4.74 Å². The monoisotopic (exact) mass is 160 g/mol. The van der Waals surface area contributed by atoms with Gasteiger partial charge in [-0.3, -0.25) is 0 Å². The Morgan fingerprint density at radius 3 is 2.55 bits per heavy atom. The van der Waals surface area contributed by atoms with Crippen molar-refractivity contribution in [1.82, 2.24) is 4.90 Å². The third-order valence-electron chi connectivity index (χ3n) is 1.51. The molecule has 0 aromatic rings. The fraction of sp³-hybridized carbons (Fsp3) is 1.00. The highest BCUT2D eigenvalue weighted by Crippen LogP contribution is 1.94. The van der Waals surface area contributed by atoms with Crippen LogP contribution in [0.15, 0.2) is 0 Å². The molecule has 0 aromatic heterocycles. The van der Waals surface area contributed by atoms with Gasteiger partial charge in [0.05, 0.1) is 12.7 Å². The minimum Gasteiger partial charge on any atom is -0.377 e. The van der Waals surface area contributed by atoms with Gasteiger partial charge in [-0.25, -0.2) is 0 Å². The molecule has 0 saturated heterocycles. The maximum atomic E-state index is 5.47. The lowest BCUT2D eigenvalue weighted by Crippen LogP contribution is -2.22. The summed E-state index contributed by atoms with van der Waals surface area (Å²) in [5.74, 6) is 0. The van der Waals surface area contributed by atoms with Gasteiger partial charge in [0.25, 0.3) is 0 Å². The molecule has 0 spiro atoms. The highest BCUT2D eigenvalue weighted by Gasteiger charge is 1.99. The number of rotatable bonds is 6. The van der Waals surface area contributed by atoms with Crippen LogP contribution in [0.25, 0.3) is 0 Å². The first-order valence-electron chi connectivity index (χ1n) is 4.13. The summed E-state index contributed by atoms with van der Waals surface area (Å²) in [4.78, 5) is 2.11. The van der Waals surface area contributed by atoms with Gasteiger partial charge in [-0.05, 0) is 34.0 Å². The first-order chi connectivity index (χ1) is 5.16. The van der Waals surface area contributed by atoms with E-state index in [4.69, 9.17) is 10.5 Å².